The third-order valence-corrected chi connectivity index (χ3v) is 6.08. The zero-order valence-electron chi connectivity index (χ0n) is 17.2. The standard InChI is InChI=1S/C24H28FN3O2/c1-26-24(30)15-17-6-7-18-8-13-28(22(18)14-17)19-9-11-27(12-10-19)16-23(29)20-4-2-3-5-21(20)25/h2-8,13-14,19,23,29H,9-12,15-16H2,1H3,(H,26,30). The van der Waals surface area contributed by atoms with Gasteiger partial charge < -0.3 is 19.9 Å². The molecule has 1 atom stereocenters. The van der Waals surface area contributed by atoms with Crippen molar-refractivity contribution < 1.29 is 14.3 Å². The molecule has 4 rings (SSSR count). The molecule has 0 aliphatic carbocycles. The quantitative estimate of drug-likeness (QED) is 0.656. The van der Waals surface area contributed by atoms with Crippen LogP contribution in [0.3, 0.4) is 0 Å². The number of fused-ring (bicyclic) bond motifs is 1. The molecule has 0 saturated carbocycles. The molecule has 6 heteroatoms. The number of piperidine rings is 1. The number of hydrogen-bond acceptors (Lipinski definition) is 3. The van der Waals surface area contributed by atoms with E-state index in [9.17, 15) is 14.3 Å². The number of β-amino-alcohol motifs (C(OH)–C–C–N with tert-alkyl or cyclic N) is 1. The summed E-state index contributed by atoms with van der Waals surface area (Å²) in [5.41, 5.74) is 2.52. The smallest absolute Gasteiger partial charge is 0.224 e. The summed E-state index contributed by atoms with van der Waals surface area (Å²) in [6.45, 7) is 2.15. The molecule has 158 valence electrons. The fraction of sp³-hybridized carbons (Fsp3) is 0.375. The number of nitrogens with one attached hydrogen (secondary N) is 1. The maximum absolute atomic E-state index is 13.9. The number of benzene rings is 2. The molecule has 5 nitrogen and oxygen atoms in total. The van der Waals surface area contributed by atoms with Gasteiger partial charge in [-0.25, -0.2) is 4.39 Å². The van der Waals surface area contributed by atoms with E-state index in [-0.39, 0.29) is 11.7 Å². The van der Waals surface area contributed by atoms with Crippen LogP contribution in [0.1, 0.15) is 36.1 Å². The molecule has 0 bridgehead atoms. The van der Waals surface area contributed by atoms with Crippen LogP contribution < -0.4 is 5.32 Å². The Kier molecular flexibility index (Phi) is 6.16. The lowest BCUT2D eigenvalue weighted by atomic mass is 10.0. The number of hydrogen-bond donors (Lipinski definition) is 2. The van der Waals surface area contributed by atoms with Gasteiger partial charge in [-0.3, -0.25) is 4.79 Å². The van der Waals surface area contributed by atoms with Gasteiger partial charge in [0.25, 0.3) is 0 Å². The second-order valence-corrected chi connectivity index (χ2v) is 8.04. The van der Waals surface area contributed by atoms with E-state index in [0.717, 1.165) is 37.0 Å². The van der Waals surface area contributed by atoms with E-state index >= 15 is 0 Å². The zero-order valence-corrected chi connectivity index (χ0v) is 17.2. The molecule has 2 heterocycles. The van der Waals surface area contributed by atoms with Crippen LogP contribution in [-0.4, -0.2) is 47.2 Å². The summed E-state index contributed by atoms with van der Waals surface area (Å²) in [6.07, 6.45) is 3.62. The van der Waals surface area contributed by atoms with Crippen molar-refractivity contribution in [2.45, 2.75) is 31.4 Å². The van der Waals surface area contributed by atoms with Gasteiger partial charge >= 0.3 is 0 Å². The molecule has 1 fully saturated rings. The molecule has 0 spiro atoms. The summed E-state index contributed by atoms with van der Waals surface area (Å²) >= 11 is 0. The van der Waals surface area contributed by atoms with Gasteiger partial charge in [0.1, 0.15) is 5.82 Å². The van der Waals surface area contributed by atoms with E-state index in [1.165, 1.54) is 11.5 Å². The van der Waals surface area contributed by atoms with Gasteiger partial charge in [0.15, 0.2) is 0 Å². The van der Waals surface area contributed by atoms with Crippen LogP contribution >= 0.6 is 0 Å². The molecular weight excluding hydrogens is 381 g/mol. The number of aliphatic hydroxyl groups excluding tert-OH is 1. The van der Waals surface area contributed by atoms with Crippen LogP contribution in [-0.2, 0) is 11.2 Å². The lowest BCUT2D eigenvalue weighted by molar-refractivity contribution is -0.119. The van der Waals surface area contributed by atoms with Crippen LogP contribution in [0, 0.1) is 5.82 Å². The summed E-state index contributed by atoms with van der Waals surface area (Å²) in [4.78, 5) is 13.9. The van der Waals surface area contributed by atoms with E-state index in [4.69, 9.17) is 0 Å². The molecule has 1 aliphatic rings. The number of likely N-dealkylation sites (N-methyl/N-ethyl adjacent to an activating group) is 1. The van der Waals surface area contributed by atoms with Crippen molar-refractivity contribution >= 4 is 16.8 Å². The van der Waals surface area contributed by atoms with Gasteiger partial charge in [-0.1, -0.05) is 30.3 Å². The minimum Gasteiger partial charge on any atom is -0.387 e. The lowest BCUT2D eigenvalue weighted by Crippen LogP contribution is -2.37. The van der Waals surface area contributed by atoms with E-state index in [0.29, 0.717) is 24.6 Å². The monoisotopic (exact) mass is 409 g/mol. The van der Waals surface area contributed by atoms with E-state index in [1.54, 1.807) is 25.2 Å². The predicted octanol–water partition coefficient (Wildman–Crippen LogP) is 3.44. The van der Waals surface area contributed by atoms with Crippen molar-refractivity contribution in [3.05, 3.63) is 71.7 Å². The number of amides is 1. The number of likely N-dealkylation sites (tertiary alicyclic amines) is 1. The molecule has 1 saturated heterocycles. The normalized spacial score (nSPS) is 16.6. The number of halogens is 1. The van der Waals surface area contributed by atoms with Crippen molar-refractivity contribution in [2.24, 2.45) is 0 Å². The predicted molar refractivity (Wildman–Crippen MR) is 116 cm³/mol. The van der Waals surface area contributed by atoms with Crippen LogP contribution in [0.15, 0.2) is 54.7 Å². The van der Waals surface area contributed by atoms with Crippen LogP contribution in [0.2, 0.25) is 0 Å². The first kappa shape index (κ1) is 20.6. The first-order chi connectivity index (χ1) is 14.5. The number of rotatable bonds is 6. The molecule has 2 N–H and O–H groups in total. The molecule has 0 radical (unpaired) electrons. The van der Waals surface area contributed by atoms with Crippen LogP contribution in [0.25, 0.3) is 10.9 Å². The van der Waals surface area contributed by atoms with Gasteiger partial charge in [-0.15, -0.1) is 0 Å². The van der Waals surface area contributed by atoms with Crippen molar-refractivity contribution in [3.8, 4) is 0 Å². The second kappa shape index (κ2) is 8.98. The number of aromatic nitrogens is 1. The third kappa shape index (κ3) is 4.40. The van der Waals surface area contributed by atoms with Crippen molar-refractivity contribution in [1.29, 1.82) is 0 Å². The Morgan fingerprint density at radius 1 is 1.20 bits per heavy atom. The van der Waals surface area contributed by atoms with Crippen LogP contribution in [0.4, 0.5) is 4.39 Å². The molecular formula is C24H28FN3O2. The first-order valence-corrected chi connectivity index (χ1v) is 10.5. The zero-order chi connectivity index (χ0) is 21.1. The minimum atomic E-state index is -0.817. The fourth-order valence-corrected chi connectivity index (χ4v) is 4.37. The van der Waals surface area contributed by atoms with Gasteiger partial charge in [0.05, 0.1) is 12.5 Å². The number of aliphatic hydroxyl groups is 1. The second-order valence-electron chi connectivity index (χ2n) is 8.04. The Morgan fingerprint density at radius 3 is 2.70 bits per heavy atom. The summed E-state index contributed by atoms with van der Waals surface area (Å²) in [7, 11) is 1.65. The molecule has 30 heavy (non-hydrogen) atoms. The van der Waals surface area contributed by atoms with Gasteiger partial charge in [0.2, 0.25) is 5.91 Å². The topological polar surface area (TPSA) is 57.5 Å². The molecule has 2 aromatic carbocycles. The minimum absolute atomic E-state index is 0.00850. The maximum atomic E-state index is 13.9. The first-order valence-electron chi connectivity index (χ1n) is 10.5. The number of carbonyl (C=O) groups excluding carboxylic acids is 1. The Balaban J connectivity index is 1.41. The highest BCUT2D eigenvalue weighted by molar-refractivity contribution is 5.84. The Morgan fingerprint density at radius 2 is 1.97 bits per heavy atom. The summed E-state index contributed by atoms with van der Waals surface area (Å²) < 4.78 is 16.2. The number of nitrogens with zero attached hydrogens (tertiary/aromatic N) is 2. The molecule has 1 aliphatic heterocycles. The Labute approximate surface area is 176 Å². The molecule has 3 aromatic rings. The average molecular weight is 410 g/mol. The molecule has 1 aromatic heterocycles. The van der Waals surface area contributed by atoms with Gasteiger partial charge in [-0.05, 0) is 42.0 Å². The highest BCUT2D eigenvalue weighted by Gasteiger charge is 2.24. The average Bonchev–Trinajstić information content (AvgIpc) is 3.17. The summed E-state index contributed by atoms with van der Waals surface area (Å²) in [5, 5.41) is 14.3. The summed E-state index contributed by atoms with van der Waals surface area (Å²) in [6, 6.07) is 15.1. The van der Waals surface area contributed by atoms with Crippen molar-refractivity contribution in [3.63, 3.8) is 0 Å². The molecule has 1 amide bonds. The van der Waals surface area contributed by atoms with Crippen LogP contribution in [0.5, 0.6) is 0 Å². The summed E-state index contributed by atoms with van der Waals surface area (Å²) in [5.74, 6) is -0.347. The largest absolute Gasteiger partial charge is 0.387 e. The number of carbonyl (C=O) groups is 1. The van der Waals surface area contributed by atoms with E-state index < -0.39 is 6.10 Å². The fourth-order valence-electron chi connectivity index (χ4n) is 4.37. The van der Waals surface area contributed by atoms with E-state index in [2.05, 4.69) is 39.2 Å². The van der Waals surface area contributed by atoms with Crippen molar-refractivity contribution in [1.82, 2.24) is 14.8 Å². The Bertz CT molecular complexity index is 1020. The lowest BCUT2D eigenvalue weighted by Gasteiger charge is -2.34. The highest BCUT2D eigenvalue weighted by Crippen LogP contribution is 2.29. The maximum Gasteiger partial charge on any atom is 0.224 e. The van der Waals surface area contributed by atoms with Gasteiger partial charge in [-0.2, -0.15) is 0 Å². The highest BCUT2D eigenvalue weighted by atomic mass is 19.1. The Hall–Kier alpha value is -2.70. The third-order valence-electron chi connectivity index (χ3n) is 6.08. The SMILES string of the molecule is CNC(=O)Cc1ccc2ccn(C3CCN(CC(O)c4ccccc4F)CC3)c2c1. The van der Waals surface area contributed by atoms with Crippen molar-refractivity contribution in [2.75, 3.05) is 26.7 Å². The molecule has 1 unspecified atom stereocenters. The van der Waals surface area contributed by atoms with E-state index in [1.807, 2.05) is 6.07 Å². The van der Waals surface area contributed by atoms with Gasteiger partial charge in [0, 0.05) is 50.0 Å².